The van der Waals surface area contributed by atoms with Gasteiger partial charge in [0.1, 0.15) is 6.61 Å². The molecule has 0 amide bonds. The Kier molecular flexibility index (Phi) is 5.64. The van der Waals surface area contributed by atoms with Crippen LogP contribution in [-0.4, -0.2) is 29.4 Å². The van der Waals surface area contributed by atoms with Gasteiger partial charge in [-0.05, 0) is 0 Å². The van der Waals surface area contributed by atoms with E-state index in [1.165, 1.54) is 0 Å². The summed E-state index contributed by atoms with van der Waals surface area (Å²) in [4.78, 5) is 20.5. The fourth-order valence-electron chi connectivity index (χ4n) is 0.441. The van der Waals surface area contributed by atoms with E-state index in [1.807, 2.05) is 0 Å². The Balaban J connectivity index is 3.30. The van der Waals surface area contributed by atoms with Gasteiger partial charge in [0.05, 0.1) is 12.8 Å². The molecule has 0 aliphatic carbocycles. The minimum atomic E-state index is -0.993. The maximum absolute atomic E-state index is 10.6. The lowest BCUT2D eigenvalue weighted by Crippen LogP contribution is -2.08. The highest BCUT2D eigenvalue weighted by Crippen LogP contribution is 1.92. The van der Waals surface area contributed by atoms with Crippen molar-refractivity contribution < 1.29 is 19.4 Å². The Morgan fingerprint density at radius 2 is 2.00 bits per heavy atom. The van der Waals surface area contributed by atoms with Gasteiger partial charge in [-0.2, -0.15) is 12.6 Å². The summed E-state index contributed by atoms with van der Waals surface area (Å²) in [5, 5.41) is 8.16. The lowest BCUT2D eigenvalue weighted by molar-refractivity contribution is -0.147. The SMILES string of the molecule is O=C(O)CCC(=O)OCCS. The van der Waals surface area contributed by atoms with E-state index in [2.05, 4.69) is 17.4 Å². The number of ether oxygens (including phenoxy) is 1. The van der Waals surface area contributed by atoms with E-state index in [-0.39, 0.29) is 19.4 Å². The normalized spacial score (nSPS) is 9.18. The summed E-state index contributed by atoms with van der Waals surface area (Å²) in [7, 11) is 0. The van der Waals surface area contributed by atoms with E-state index in [0.29, 0.717) is 5.75 Å². The third-order valence-corrected chi connectivity index (χ3v) is 1.08. The maximum atomic E-state index is 10.6. The third kappa shape index (κ3) is 7.18. The van der Waals surface area contributed by atoms with Crippen LogP contribution >= 0.6 is 12.6 Å². The molecule has 0 atom stereocenters. The molecule has 0 fully saturated rings. The van der Waals surface area contributed by atoms with Gasteiger partial charge in [0.25, 0.3) is 0 Å². The van der Waals surface area contributed by atoms with Crippen LogP contribution in [0.1, 0.15) is 12.8 Å². The summed E-state index contributed by atoms with van der Waals surface area (Å²) < 4.78 is 4.56. The molecule has 0 spiro atoms. The zero-order valence-corrected chi connectivity index (χ0v) is 6.84. The maximum Gasteiger partial charge on any atom is 0.306 e. The van der Waals surface area contributed by atoms with Gasteiger partial charge in [-0.25, -0.2) is 0 Å². The molecule has 0 aromatic rings. The van der Waals surface area contributed by atoms with Crippen LogP contribution in [-0.2, 0) is 14.3 Å². The molecule has 0 heterocycles. The predicted molar refractivity (Wildman–Crippen MR) is 41.7 cm³/mol. The molecule has 5 heteroatoms. The first-order valence-corrected chi connectivity index (χ1v) is 3.78. The van der Waals surface area contributed by atoms with E-state index in [1.54, 1.807) is 0 Å². The van der Waals surface area contributed by atoms with Crippen molar-refractivity contribution in [2.24, 2.45) is 0 Å². The second-order valence-corrected chi connectivity index (χ2v) is 2.29. The minimum absolute atomic E-state index is 0.0664. The largest absolute Gasteiger partial charge is 0.481 e. The molecule has 0 aromatic heterocycles. The van der Waals surface area contributed by atoms with E-state index in [9.17, 15) is 9.59 Å². The lowest BCUT2D eigenvalue weighted by atomic mass is 10.3. The van der Waals surface area contributed by atoms with Crippen molar-refractivity contribution in [2.75, 3.05) is 12.4 Å². The highest BCUT2D eigenvalue weighted by Gasteiger charge is 2.04. The monoisotopic (exact) mass is 178 g/mol. The first kappa shape index (κ1) is 10.3. The fourth-order valence-corrected chi connectivity index (χ4v) is 0.532. The molecule has 0 aliphatic rings. The summed E-state index contributed by atoms with van der Waals surface area (Å²) in [6, 6.07) is 0. The van der Waals surface area contributed by atoms with Crippen molar-refractivity contribution >= 4 is 24.6 Å². The van der Waals surface area contributed by atoms with Crippen LogP contribution in [0.25, 0.3) is 0 Å². The van der Waals surface area contributed by atoms with Gasteiger partial charge in [-0.3, -0.25) is 9.59 Å². The Labute approximate surface area is 69.9 Å². The van der Waals surface area contributed by atoms with Crippen LogP contribution in [0.3, 0.4) is 0 Å². The summed E-state index contributed by atoms with van der Waals surface area (Å²) >= 11 is 3.81. The van der Waals surface area contributed by atoms with Crippen molar-refractivity contribution in [1.82, 2.24) is 0 Å². The molecule has 0 saturated carbocycles. The molecule has 1 N–H and O–H groups in total. The number of carboxylic acids is 1. The Bertz CT molecular complexity index is 146. The van der Waals surface area contributed by atoms with Crippen molar-refractivity contribution in [1.29, 1.82) is 0 Å². The molecular weight excluding hydrogens is 168 g/mol. The minimum Gasteiger partial charge on any atom is -0.481 e. The number of carboxylic acid groups (broad SMARTS) is 1. The van der Waals surface area contributed by atoms with E-state index in [4.69, 9.17) is 5.11 Å². The summed E-state index contributed by atoms with van der Waals surface area (Å²) in [6.45, 7) is 0.238. The van der Waals surface area contributed by atoms with E-state index in [0.717, 1.165) is 0 Å². The molecule has 0 saturated heterocycles. The lowest BCUT2D eigenvalue weighted by Gasteiger charge is -1.99. The van der Waals surface area contributed by atoms with Crippen LogP contribution in [0.5, 0.6) is 0 Å². The average Bonchev–Trinajstić information content (AvgIpc) is 1.97. The molecule has 11 heavy (non-hydrogen) atoms. The highest BCUT2D eigenvalue weighted by atomic mass is 32.1. The molecular formula is C6H10O4S. The Morgan fingerprint density at radius 1 is 1.36 bits per heavy atom. The van der Waals surface area contributed by atoms with Gasteiger partial charge >= 0.3 is 11.9 Å². The molecule has 0 aromatic carbocycles. The number of esters is 1. The van der Waals surface area contributed by atoms with Gasteiger partial charge in [-0.1, -0.05) is 0 Å². The second kappa shape index (κ2) is 6.03. The smallest absolute Gasteiger partial charge is 0.306 e. The zero-order chi connectivity index (χ0) is 8.69. The molecule has 0 bridgehead atoms. The van der Waals surface area contributed by atoms with Crippen molar-refractivity contribution in [3.8, 4) is 0 Å². The molecule has 0 rings (SSSR count). The van der Waals surface area contributed by atoms with Gasteiger partial charge < -0.3 is 9.84 Å². The number of hydrogen-bond acceptors (Lipinski definition) is 4. The Hall–Kier alpha value is -0.710. The molecule has 0 aliphatic heterocycles. The first-order chi connectivity index (χ1) is 5.16. The fraction of sp³-hybridized carbons (Fsp3) is 0.667. The number of carbonyl (C=O) groups is 2. The number of hydrogen-bond donors (Lipinski definition) is 2. The third-order valence-electron chi connectivity index (χ3n) is 0.897. The highest BCUT2D eigenvalue weighted by molar-refractivity contribution is 7.80. The summed E-state index contributed by atoms with van der Waals surface area (Å²) in [5.74, 6) is -1.02. The van der Waals surface area contributed by atoms with Crippen molar-refractivity contribution in [2.45, 2.75) is 12.8 Å². The van der Waals surface area contributed by atoms with E-state index < -0.39 is 11.9 Å². The van der Waals surface area contributed by atoms with Crippen LogP contribution in [0.2, 0.25) is 0 Å². The number of aliphatic carboxylic acids is 1. The summed E-state index contributed by atoms with van der Waals surface area (Å²) in [6.07, 6.45) is -0.242. The zero-order valence-electron chi connectivity index (χ0n) is 5.95. The summed E-state index contributed by atoms with van der Waals surface area (Å²) in [5.41, 5.74) is 0. The standard InChI is InChI=1S/C6H10O4S/c7-5(8)1-2-6(9)10-3-4-11/h11H,1-4H2,(H,7,8). The van der Waals surface area contributed by atoms with Gasteiger partial charge in [-0.15, -0.1) is 0 Å². The van der Waals surface area contributed by atoms with E-state index >= 15 is 0 Å². The predicted octanol–water partition coefficient (Wildman–Crippen LogP) is 0.324. The van der Waals surface area contributed by atoms with Crippen LogP contribution in [0.15, 0.2) is 0 Å². The number of carbonyl (C=O) groups excluding carboxylic acids is 1. The molecule has 4 nitrogen and oxygen atoms in total. The quantitative estimate of drug-likeness (QED) is 0.470. The van der Waals surface area contributed by atoms with Crippen LogP contribution in [0, 0.1) is 0 Å². The molecule has 0 unspecified atom stereocenters. The molecule has 64 valence electrons. The molecule has 0 radical (unpaired) electrons. The topological polar surface area (TPSA) is 63.6 Å². The van der Waals surface area contributed by atoms with Crippen LogP contribution in [0.4, 0.5) is 0 Å². The van der Waals surface area contributed by atoms with Gasteiger partial charge in [0.2, 0.25) is 0 Å². The van der Waals surface area contributed by atoms with Gasteiger partial charge in [0.15, 0.2) is 0 Å². The number of thiol groups is 1. The van der Waals surface area contributed by atoms with Crippen molar-refractivity contribution in [3.63, 3.8) is 0 Å². The number of rotatable bonds is 5. The second-order valence-electron chi connectivity index (χ2n) is 1.84. The van der Waals surface area contributed by atoms with Crippen molar-refractivity contribution in [3.05, 3.63) is 0 Å². The Morgan fingerprint density at radius 3 is 2.45 bits per heavy atom. The van der Waals surface area contributed by atoms with Gasteiger partial charge in [0, 0.05) is 5.75 Å². The average molecular weight is 178 g/mol. The first-order valence-electron chi connectivity index (χ1n) is 3.15. The van der Waals surface area contributed by atoms with Crippen LogP contribution < -0.4 is 0 Å².